The van der Waals surface area contributed by atoms with Crippen molar-refractivity contribution in [2.24, 2.45) is 12.9 Å². The molecule has 4 heterocycles. The van der Waals surface area contributed by atoms with Gasteiger partial charge in [0.1, 0.15) is 5.82 Å². The maximum absolute atomic E-state index is 12.2. The summed E-state index contributed by atoms with van der Waals surface area (Å²) in [6.07, 6.45) is 3.84. The minimum atomic E-state index is -3.41. The fourth-order valence-corrected chi connectivity index (χ4v) is 4.87. The van der Waals surface area contributed by atoms with Gasteiger partial charge in [-0.1, -0.05) is 12.1 Å². The van der Waals surface area contributed by atoms with Crippen molar-refractivity contribution in [1.82, 2.24) is 29.5 Å². The number of benzene rings is 1. The van der Waals surface area contributed by atoms with Crippen LogP contribution in [0, 0.1) is 0 Å². The van der Waals surface area contributed by atoms with E-state index in [4.69, 9.17) is 25.6 Å². The number of nitrogens with zero attached hydrogens (tertiary/aromatic N) is 8. The molecule has 1 aliphatic heterocycles. The summed E-state index contributed by atoms with van der Waals surface area (Å²) in [6.45, 7) is 2.70. The maximum atomic E-state index is 12.2. The third kappa shape index (κ3) is 5.36. The molecule has 1 fully saturated rings. The lowest BCUT2D eigenvalue weighted by Gasteiger charge is -2.28. The number of aryl methyl sites for hydroxylation is 1. The summed E-state index contributed by atoms with van der Waals surface area (Å²) < 4.78 is 31.7. The normalized spacial score (nSPS) is 14.0. The Kier molecular flexibility index (Phi) is 7.12. The van der Waals surface area contributed by atoms with E-state index >= 15 is 0 Å². The molecule has 1 aliphatic rings. The SMILES string of the molecule is CN(Cc1nc2c(N3CCOCC3)nc(-c3cccc(S(C)(=O)=O)c3)nc2n1C)c1ncc(C(=O)ON)cn1. The van der Waals surface area contributed by atoms with Crippen molar-refractivity contribution in [2.45, 2.75) is 11.4 Å². The standard InChI is InChI=1S/C24H27N9O5S/c1-31(24-26-12-16(13-27-24)23(34)38-25)14-18-28-19-21(32(18)2)29-20(30-22(19)33-7-9-37-10-8-33)15-5-4-6-17(11-15)39(3,35)36/h4-6,11-13H,7-10,14,25H2,1-3H3. The number of hydrogen-bond donors (Lipinski definition) is 1. The summed E-state index contributed by atoms with van der Waals surface area (Å²) in [5.41, 5.74) is 1.93. The minimum Gasteiger partial charge on any atom is -0.378 e. The van der Waals surface area contributed by atoms with Crippen LogP contribution in [0.1, 0.15) is 16.2 Å². The van der Waals surface area contributed by atoms with E-state index in [2.05, 4.69) is 19.7 Å². The summed E-state index contributed by atoms with van der Waals surface area (Å²) in [6, 6.07) is 6.58. The van der Waals surface area contributed by atoms with E-state index < -0.39 is 15.8 Å². The highest BCUT2D eigenvalue weighted by Gasteiger charge is 2.24. The Hall–Kier alpha value is -4.21. The summed E-state index contributed by atoms with van der Waals surface area (Å²) in [7, 11) is 0.243. The zero-order chi connectivity index (χ0) is 27.7. The molecule has 1 aromatic carbocycles. The maximum Gasteiger partial charge on any atom is 0.359 e. The number of ether oxygens (including phenoxy) is 1. The van der Waals surface area contributed by atoms with Crippen LogP contribution in [-0.4, -0.2) is 83.5 Å². The van der Waals surface area contributed by atoms with Crippen molar-refractivity contribution >= 4 is 38.7 Å². The first-order valence-electron chi connectivity index (χ1n) is 12.0. The van der Waals surface area contributed by atoms with Gasteiger partial charge in [-0.2, -0.15) is 5.90 Å². The first-order chi connectivity index (χ1) is 18.7. The average molecular weight is 554 g/mol. The molecule has 0 atom stereocenters. The van der Waals surface area contributed by atoms with E-state index in [-0.39, 0.29) is 10.5 Å². The van der Waals surface area contributed by atoms with Crippen LogP contribution in [-0.2, 0) is 33.0 Å². The van der Waals surface area contributed by atoms with Gasteiger partial charge in [0, 0.05) is 51.4 Å². The molecule has 0 unspecified atom stereocenters. The molecule has 5 rings (SSSR count). The van der Waals surface area contributed by atoms with Gasteiger partial charge in [-0.3, -0.25) is 0 Å². The van der Waals surface area contributed by atoms with Crippen LogP contribution in [0.4, 0.5) is 11.8 Å². The van der Waals surface area contributed by atoms with Gasteiger partial charge in [0.2, 0.25) is 5.95 Å². The number of imidazole rings is 1. The van der Waals surface area contributed by atoms with E-state index in [0.29, 0.717) is 73.0 Å². The number of carbonyl (C=O) groups excluding carboxylic acids is 1. The summed E-state index contributed by atoms with van der Waals surface area (Å²) in [5, 5.41) is 0. The lowest BCUT2D eigenvalue weighted by Crippen LogP contribution is -2.37. The van der Waals surface area contributed by atoms with Crippen LogP contribution in [0.5, 0.6) is 0 Å². The quantitative estimate of drug-likeness (QED) is 0.318. The predicted molar refractivity (Wildman–Crippen MR) is 142 cm³/mol. The van der Waals surface area contributed by atoms with E-state index in [1.807, 2.05) is 11.6 Å². The molecule has 39 heavy (non-hydrogen) atoms. The molecule has 3 aromatic heterocycles. The van der Waals surface area contributed by atoms with Gasteiger partial charge in [0.25, 0.3) is 0 Å². The van der Waals surface area contributed by atoms with Crippen molar-refractivity contribution in [3.05, 3.63) is 48.0 Å². The van der Waals surface area contributed by atoms with Gasteiger partial charge in [-0.05, 0) is 12.1 Å². The Balaban J connectivity index is 1.56. The molecule has 2 N–H and O–H groups in total. The number of morpholine rings is 1. The number of sulfone groups is 1. The predicted octanol–water partition coefficient (Wildman–Crippen LogP) is 0.727. The van der Waals surface area contributed by atoms with Crippen molar-refractivity contribution in [1.29, 1.82) is 0 Å². The fourth-order valence-electron chi connectivity index (χ4n) is 4.20. The van der Waals surface area contributed by atoms with Crippen LogP contribution in [0.25, 0.3) is 22.6 Å². The molecule has 0 aliphatic carbocycles. The monoisotopic (exact) mass is 553 g/mol. The number of nitrogens with two attached hydrogens (primary N) is 1. The molecule has 0 amide bonds. The second-order valence-electron chi connectivity index (χ2n) is 9.06. The van der Waals surface area contributed by atoms with Gasteiger partial charge in [0.05, 0.1) is 30.2 Å². The van der Waals surface area contributed by atoms with Crippen LogP contribution in [0.3, 0.4) is 0 Å². The molecule has 1 saturated heterocycles. The van der Waals surface area contributed by atoms with Crippen LogP contribution >= 0.6 is 0 Å². The lowest BCUT2D eigenvalue weighted by molar-refractivity contribution is 0.0502. The number of rotatable bonds is 7. The molecule has 15 heteroatoms. The third-order valence-electron chi connectivity index (χ3n) is 6.32. The van der Waals surface area contributed by atoms with Crippen molar-refractivity contribution in [3.8, 4) is 11.4 Å². The van der Waals surface area contributed by atoms with Crippen LogP contribution in [0.2, 0.25) is 0 Å². The molecule has 4 aromatic rings. The molecule has 0 radical (unpaired) electrons. The second-order valence-corrected chi connectivity index (χ2v) is 11.1. The third-order valence-corrected chi connectivity index (χ3v) is 7.44. The largest absolute Gasteiger partial charge is 0.378 e. The Morgan fingerprint density at radius 2 is 1.87 bits per heavy atom. The molecule has 0 saturated carbocycles. The van der Waals surface area contributed by atoms with E-state index in [1.54, 1.807) is 36.2 Å². The number of fused-ring (bicyclic) bond motifs is 1. The van der Waals surface area contributed by atoms with Gasteiger partial charge >= 0.3 is 5.97 Å². The Labute approximate surface area is 224 Å². The first kappa shape index (κ1) is 26.4. The number of anilines is 2. The van der Waals surface area contributed by atoms with Gasteiger partial charge < -0.3 is 23.9 Å². The molecule has 0 bridgehead atoms. The first-order valence-corrected chi connectivity index (χ1v) is 13.9. The van der Waals surface area contributed by atoms with Gasteiger partial charge in [-0.25, -0.2) is 38.1 Å². The highest BCUT2D eigenvalue weighted by atomic mass is 32.2. The highest BCUT2D eigenvalue weighted by Crippen LogP contribution is 2.29. The molecule has 14 nitrogen and oxygen atoms in total. The van der Waals surface area contributed by atoms with E-state index in [0.717, 1.165) is 0 Å². The smallest absolute Gasteiger partial charge is 0.359 e. The molecule has 204 valence electrons. The minimum absolute atomic E-state index is 0.135. The summed E-state index contributed by atoms with van der Waals surface area (Å²) in [4.78, 5) is 42.8. The van der Waals surface area contributed by atoms with Crippen molar-refractivity contribution in [3.63, 3.8) is 0 Å². The Morgan fingerprint density at radius 3 is 2.54 bits per heavy atom. The Morgan fingerprint density at radius 1 is 1.15 bits per heavy atom. The van der Waals surface area contributed by atoms with E-state index in [1.165, 1.54) is 18.6 Å². The van der Waals surface area contributed by atoms with Crippen LogP contribution in [0.15, 0.2) is 41.6 Å². The molecular weight excluding hydrogens is 526 g/mol. The number of hydrogen-bond acceptors (Lipinski definition) is 13. The summed E-state index contributed by atoms with van der Waals surface area (Å²) in [5.74, 6) is 6.27. The van der Waals surface area contributed by atoms with Crippen molar-refractivity contribution in [2.75, 3.05) is 49.4 Å². The zero-order valence-corrected chi connectivity index (χ0v) is 22.4. The summed E-state index contributed by atoms with van der Waals surface area (Å²) >= 11 is 0. The average Bonchev–Trinajstić information content (AvgIpc) is 3.26. The second kappa shape index (κ2) is 10.5. The molecule has 0 spiro atoms. The van der Waals surface area contributed by atoms with Gasteiger partial charge in [0.15, 0.2) is 32.6 Å². The zero-order valence-electron chi connectivity index (χ0n) is 21.6. The number of carbonyl (C=O) groups is 1. The van der Waals surface area contributed by atoms with E-state index in [9.17, 15) is 13.2 Å². The fraction of sp³-hybridized carbons (Fsp3) is 0.333. The molecular formula is C24H27N9O5S. The number of aromatic nitrogens is 6. The van der Waals surface area contributed by atoms with Gasteiger partial charge in [-0.15, -0.1) is 0 Å². The topological polar surface area (TPSA) is 172 Å². The van der Waals surface area contributed by atoms with Crippen molar-refractivity contribution < 1.29 is 22.8 Å². The highest BCUT2D eigenvalue weighted by molar-refractivity contribution is 7.90. The van der Waals surface area contributed by atoms with Crippen LogP contribution < -0.4 is 15.7 Å². The lowest BCUT2D eigenvalue weighted by atomic mass is 10.2. The Bertz CT molecular complexity index is 1630.